The summed E-state index contributed by atoms with van der Waals surface area (Å²) in [5.74, 6) is 0.416. The van der Waals surface area contributed by atoms with Gasteiger partial charge < -0.3 is 19.3 Å². The maximum Gasteiger partial charge on any atom is 0.302 e. The van der Waals surface area contributed by atoms with E-state index in [0.29, 0.717) is 6.61 Å². The van der Waals surface area contributed by atoms with Crippen LogP contribution in [-0.4, -0.2) is 38.2 Å². The van der Waals surface area contributed by atoms with Crippen LogP contribution >= 0.6 is 0 Å². The minimum atomic E-state index is -0.303. The monoisotopic (exact) mass is 230 g/mol. The summed E-state index contributed by atoms with van der Waals surface area (Å²) < 4.78 is 15.1. The smallest absolute Gasteiger partial charge is 0.302 e. The van der Waals surface area contributed by atoms with Crippen molar-refractivity contribution in [3.8, 4) is 0 Å². The summed E-state index contributed by atoms with van der Waals surface area (Å²) in [4.78, 5) is 10.7. The van der Waals surface area contributed by atoms with Gasteiger partial charge >= 0.3 is 5.97 Å². The molecule has 0 radical (unpaired) electrons. The molecule has 2 atom stereocenters. The molecule has 0 bridgehead atoms. The molecule has 0 heterocycles. The van der Waals surface area contributed by atoms with Crippen molar-refractivity contribution in [2.45, 2.75) is 13.3 Å². The summed E-state index contributed by atoms with van der Waals surface area (Å²) >= 11 is 0. The Labute approximate surface area is 95.0 Å². The second kappa shape index (κ2) is 6.50. The summed E-state index contributed by atoms with van der Waals surface area (Å²) in [6, 6.07) is 0. The van der Waals surface area contributed by atoms with E-state index in [-0.39, 0.29) is 31.2 Å². The molecule has 5 nitrogen and oxygen atoms in total. The van der Waals surface area contributed by atoms with E-state index in [9.17, 15) is 9.90 Å². The van der Waals surface area contributed by atoms with E-state index in [0.717, 1.165) is 12.2 Å². The molecule has 0 aliphatic heterocycles. The highest BCUT2D eigenvalue weighted by molar-refractivity contribution is 5.65. The van der Waals surface area contributed by atoms with Gasteiger partial charge in [-0.05, 0) is 12.5 Å². The fourth-order valence-electron chi connectivity index (χ4n) is 1.76. The molecule has 5 heteroatoms. The molecular formula is C11H18O5. The highest BCUT2D eigenvalue weighted by Crippen LogP contribution is 2.32. The molecule has 2 unspecified atom stereocenters. The zero-order valence-corrected chi connectivity index (χ0v) is 9.64. The van der Waals surface area contributed by atoms with Gasteiger partial charge in [0.05, 0.1) is 13.2 Å². The Morgan fingerprint density at radius 3 is 2.94 bits per heavy atom. The van der Waals surface area contributed by atoms with Crippen LogP contribution in [0.5, 0.6) is 0 Å². The SMILES string of the molecule is COCOC1=CCC(COC(C)=O)C1CO. The van der Waals surface area contributed by atoms with Gasteiger partial charge in [0, 0.05) is 25.9 Å². The lowest BCUT2D eigenvalue weighted by atomic mass is 9.96. The van der Waals surface area contributed by atoms with E-state index in [1.54, 1.807) is 7.11 Å². The Hall–Kier alpha value is -1.07. The van der Waals surface area contributed by atoms with Gasteiger partial charge in [0.25, 0.3) is 0 Å². The number of allylic oxidation sites excluding steroid dienone is 1. The number of aliphatic hydroxyl groups excluding tert-OH is 1. The quantitative estimate of drug-likeness (QED) is 0.537. The fraction of sp³-hybridized carbons (Fsp3) is 0.727. The first kappa shape index (κ1) is 13.0. The minimum Gasteiger partial charge on any atom is -0.472 e. The molecule has 1 rings (SSSR count). The molecule has 1 aliphatic rings. The number of hydrogen-bond donors (Lipinski definition) is 1. The summed E-state index contributed by atoms with van der Waals surface area (Å²) in [5.41, 5.74) is 0. The van der Waals surface area contributed by atoms with Crippen molar-refractivity contribution in [1.82, 2.24) is 0 Å². The van der Waals surface area contributed by atoms with Gasteiger partial charge in [-0.25, -0.2) is 0 Å². The first-order chi connectivity index (χ1) is 7.69. The van der Waals surface area contributed by atoms with Gasteiger partial charge in [0.1, 0.15) is 5.76 Å². The number of hydrogen-bond acceptors (Lipinski definition) is 5. The Bertz CT molecular complexity index is 261. The zero-order chi connectivity index (χ0) is 12.0. The average molecular weight is 230 g/mol. The third-order valence-corrected chi connectivity index (χ3v) is 2.60. The van der Waals surface area contributed by atoms with Crippen molar-refractivity contribution in [1.29, 1.82) is 0 Å². The fourth-order valence-corrected chi connectivity index (χ4v) is 1.76. The number of esters is 1. The lowest BCUT2D eigenvalue weighted by Gasteiger charge is -2.20. The van der Waals surface area contributed by atoms with Crippen LogP contribution in [0.15, 0.2) is 11.8 Å². The van der Waals surface area contributed by atoms with E-state index < -0.39 is 0 Å². The van der Waals surface area contributed by atoms with Crippen LogP contribution in [-0.2, 0) is 19.0 Å². The first-order valence-corrected chi connectivity index (χ1v) is 5.25. The second-order valence-electron chi connectivity index (χ2n) is 3.74. The Balaban J connectivity index is 2.43. The zero-order valence-electron chi connectivity index (χ0n) is 9.64. The van der Waals surface area contributed by atoms with Crippen molar-refractivity contribution in [2.75, 3.05) is 27.1 Å². The normalized spacial score (nSPS) is 24.1. The number of methoxy groups -OCH3 is 1. The number of aliphatic hydroxyl groups is 1. The highest BCUT2D eigenvalue weighted by Gasteiger charge is 2.31. The minimum absolute atomic E-state index is 0.0124. The van der Waals surface area contributed by atoms with Crippen LogP contribution in [0.3, 0.4) is 0 Å². The first-order valence-electron chi connectivity index (χ1n) is 5.25. The molecule has 1 N–H and O–H groups in total. The van der Waals surface area contributed by atoms with Crippen LogP contribution < -0.4 is 0 Å². The van der Waals surface area contributed by atoms with Gasteiger partial charge in [-0.15, -0.1) is 0 Å². The molecule has 92 valence electrons. The Morgan fingerprint density at radius 1 is 1.62 bits per heavy atom. The van der Waals surface area contributed by atoms with Crippen LogP contribution in [0.1, 0.15) is 13.3 Å². The highest BCUT2D eigenvalue weighted by atomic mass is 16.7. The predicted octanol–water partition coefficient (Wildman–Crippen LogP) is 0.682. The Kier molecular flexibility index (Phi) is 5.28. The Morgan fingerprint density at radius 2 is 2.38 bits per heavy atom. The van der Waals surface area contributed by atoms with Crippen LogP contribution in [0.25, 0.3) is 0 Å². The average Bonchev–Trinajstić information content (AvgIpc) is 2.65. The van der Waals surface area contributed by atoms with Crippen molar-refractivity contribution in [3.05, 3.63) is 11.8 Å². The number of carbonyl (C=O) groups is 1. The van der Waals surface area contributed by atoms with Crippen LogP contribution in [0, 0.1) is 11.8 Å². The topological polar surface area (TPSA) is 65.0 Å². The number of carbonyl (C=O) groups excluding carboxylic acids is 1. The van der Waals surface area contributed by atoms with E-state index in [2.05, 4.69) is 0 Å². The lowest BCUT2D eigenvalue weighted by molar-refractivity contribution is -0.143. The third-order valence-electron chi connectivity index (χ3n) is 2.60. The van der Waals surface area contributed by atoms with Gasteiger partial charge in [-0.1, -0.05) is 0 Å². The summed E-state index contributed by atoms with van der Waals surface area (Å²) in [5, 5.41) is 9.27. The van der Waals surface area contributed by atoms with E-state index in [1.165, 1.54) is 6.92 Å². The van der Waals surface area contributed by atoms with Gasteiger partial charge in [-0.3, -0.25) is 4.79 Å². The molecule has 0 saturated carbocycles. The third kappa shape index (κ3) is 3.50. The maximum absolute atomic E-state index is 10.7. The van der Waals surface area contributed by atoms with E-state index in [4.69, 9.17) is 14.2 Å². The van der Waals surface area contributed by atoms with E-state index in [1.807, 2.05) is 6.08 Å². The molecule has 0 fully saturated rings. The van der Waals surface area contributed by atoms with Gasteiger partial charge in [-0.2, -0.15) is 0 Å². The summed E-state index contributed by atoms with van der Waals surface area (Å²) in [6.45, 7) is 1.85. The molecule has 0 aromatic carbocycles. The predicted molar refractivity (Wildman–Crippen MR) is 56.4 cm³/mol. The molecule has 1 aliphatic carbocycles. The lowest BCUT2D eigenvalue weighted by Crippen LogP contribution is -2.22. The second-order valence-corrected chi connectivity index (χ2v) is 3.74. The molecule has 0 saturated heterocycles. The van der Waals surface area contributed by atoms with E-state index >= 15 is 0 Å². The maximum atomic E-state index is 10.7. The molecule has 0 aromatic heterocycles. The number of ether oxygens (including phenoxy) is 3. The molecule has 0 aromatic rings. The van der Waals surface area contributed by atoms with Crippen molar-refractivity contribution >= 4 is 5.97 Å². The van der Waals surface area contributed by atoms with Gasteiger partial charge in [0.15, 0.2) is 6.79 Å². The largest absolute Gasteiger partial charge is 0.472 e. The van der Waals surface area contributed by atoms with Crippen molar-refractivity contribution < 1.29 is 24.1 Å². The molecule has 16 heavy (non-hydrogen) atoms. The van der Waals surface area contributed by atoms with Crippen LogP contribution in [0.2, 0.25) is 0 Å². The van der Waals surface area contributed by atoms with Crippen molar-refractivity contribution in [2.24, 2.45) is 11.8 Å². The molecular weight excluding hydrogens is 212 g/mol. The van der Waals surface area contributed by atoms with Crippen LogP contribution in [0.4, 0.5) is 0 Å². The molecule has 0 amide bonds. The molecule has 0 spiro atoms. The summed E-state index contributed by atoms with van der Waals surface area (Å²) in [6.07, 6.45) is 2.66. The summed E-state index contributed by atoms with van der Waals surface area (Å²) in [7, 11) is 1.54. The standard InChI is InChI=1S/C11H18O5/c1-8(13)15-6-9-3-4-11(10(9)5-12)16-7-14-2/h4,9-10,12H,3,5-7H2,1-2H3. The number of rotatable bonds is 6. The van der Waals surface area contributed by atoms with Gasteiger partial charge in [0.2, 0.25) is 0 Å². The van der Waals surface area contributed by atoms with Crippen molar-refractivity contribution in [3.63, 3.8) is 0 Å².